The summed E-state index contributed by atoms with van der Waals surface area (Å²) < 4.78 is 17.8. The Morgan fingerprint density at radius 3 is 2.71 bits per heavy atom. The molecule has 2 rings (SSSR count). The first-order valence-electron chi connectivity index (χ1n) is 7.14. The largest absolute Gasteiger partial charge is 0.452 e. The molecule has 2 aromatic carbocycles. The first kappa shape index (κ1) is 17.7. The number of nitrogens with two attached hydrogens (primary N) is 1. The second-order valence-corrected chi connectivity index (χ2v) is 5.59. The summed E-state index contributed by atoms with van der Waals surface area (Å²) >= 11 is 5.90. The third-order valence-electron chi connectivity index (χ3n) is 3.29. The molecule has 0 saturated carbocycles. The van der Waals surface area contributed by atoms with Gasteiger partial charge in [0.1, 0.15) is 5.82 Å². The Kier molecular flexibility index (Phi) is 5.76. The highest BCUT2D eigenvalue weighted by Crippen LogP contribution is 2.17. The number of benzene rings is 2. The molecule has 126 valence electrons. The van der Waals surface area contributed by atoms with Gasteiger partial charge in [0.15, 0.2) is 6.61 Å². The Morgan fingerprint density at radius 2 is 2.04 bits per heavy atom. The van der Waals surface area contributed by atoms with E-state index in [4.69, 9.17) is 22.1 Å². The molecule has 1 unspecified atom stereocenters. The van der Waals surface area contributed by atoms with Gasteiger partial charge in [-0.3, -0.25) is 4.79 Å². The third-order valence-corrected chi connectivity index (χ3v) is 3.53. The fourth-order valence-electron chi connectivity index (χ4n) is 2.07. The molecule has 24 heavy (non-hydrogen) atoms. The van der Waals surface area contributed by atoms with Gasteiger partial charge in [-0.2, -0.15) is 0 Å². The van der Waals surface area contributed by atoms with Crippen LogP contribution in [0.4, 0.5) is 10.1 Å². The molecule has 3 N–H and O–H groups in total. The predicted octanol–water partition coefficient (Wildman–Crippen LogP) is 3.10. The van der Waals surface area contributed by atoms with Crippen LogP contribution in [0.3, 0.4) is 0 Å². The molecule has 0 aliphatic rings. The molecular weight excluding hydrogens is 335 g/mol. The van der Waals surface area contributed by atoms with E-state index in [2.05, 4.69) is 5.32 Å². The van der Waals surface area contributed by atoms with Gasteiger partial charge in [0.2, 0.25) is 0 Å². The minimum absolute atomic E-state index is 0.00656. The van der Waals surface area contributed by atoms with Crippen molar-refractivity contribution in [3.63, 3.8) is 0 Å². The fraction of sp³-hybridized carbons (Fsp3) is 0.176. The molecule has 0 heterocycles. The van der Waals surface area contributed by atoms with E-state index in [0.29, 0.717) is 5.02 Å². The zero-order valence-electron chi connectivity index (χ0n) is 12.9. The molecular formula is C17H16ClFN2O3. The number of hydrogen-bond acceptors (Lipinski definition) is 4. The number of carbonyl (C=O) groups excluding carboxylic acids is 2. The maximum Gasteiger partial charge on any atom is 0.340 e. The summed E-state index contributed by atoms with van der Waals surface area (Å²) in [7, 11) is 0. The monoisotopic (exact) mass is 350 g/mol. The second-order valence-electron chi connectivity index (χ2n) is 5.15. The van der Waals surface area contributed by atoms with Crippen LogP contribution in [0.15, 0.2) is 42.5 Å². The van der Waals surface area contributed by atoms with Crippen molar-refractivity contribution in [2.45, 2.75) is 13.0 Å². The number of amides is 1. The molecule has 2 aromatic rings. The van der Waals surface area contributed by atoms with Crippen LogP contribution in [-0.4, -0.2) is 18.5 Å². The maximum atomic E-state index is 13.0. The molecule has 1 atom stereocenters. The van der Waals surface area contributed by atoms with Gasteiger partial charge in [-0.15, -0.1) is 0 Å². The van der Waals surface area contributed by atoms with Crippen LogP contribution >= 0.6 is 11.6 Å². The summed E-state index contributed by atoms with van der Waals surface area (Å²) in [5, 5.41) is 3.25. The fourth-order valence-corrected chi connectivity index (χ4v) is 2.27. The lowest BCUT2D eigenvalue weighted by Crippen LogP contribution is -2.31. The van der Waals surface area contributed by atoms with E-state index < -0.39 is 24.3 Å². The number of carbonyl (C=O) groups is 2. The smallest absolute Gasteiger partial charge is 0.340 e. The van der Waals surface area contributed by atoms with Crippen LogP contribution in [0.1, 0.15) is 28.9 Å². The SMILES string of the molecule is CC(NC(=O)COC(=O)c1ccc(F)cc1N)c1cccc(Cl)c1. The average molecular weight is 351 g/mol. The first-order valence-corrected chi connectivity index (χ1v) is 7.51. The van der Waals surface area contributed by atoms with Gasteiger partial charge in [-0.05, 0) is 42.8 Å². The summed E-state index contributed by atoms with van der Waals surface area (Å²) in [4.78, 5) is 23.7. The van der Waals surface area contributed by atoms with Crippen molar-refractivity contribution in [3.05, 3.63) is 64.4 Å². The molecule has 1 amide bonds. The normalized spacial score (nSPS) is 11.6. The zero-order chi connectivity index (χ0) is 17.7. The summed E-state index contributed by atoms with van der Waals surface area (Å²) in [5.74, 6) is -1.83. The maximum absolute atomic E-state index is 13.0. The van der Waals surface area contributed by atoms with Crippen LogP contribution in [0.5, 0.6) is 0 Å². The molecule has 0 aliphatic carbocycles. The summed E-state index contributed by atoms with van der Waals surface area (Å²) in [5.41, 5.74) is 6.33. The Hall–Kier alpha value is -2.60. The van der Waals surface area contributed by atoms with E-state index in [1.807, 2.05) is 6.07 Å². The molecule has 0 radical (unpaired) electrons. The van der Waals surface area contributed by atoms with E-state index >= 15 is 0 Å². The van der Waals surface area contributed by atoms with Gasteiger partial charge in [0.05, 0.1) is 11.6 Å². The highest BCUT2D eigenvalue weighted by molar-refractivity contribution is 6.30. The first-order chi connectivity index (χ1) is 11.4. The van der Waals surface area contributed by atoms with Crippen molar-refractivity contribution in [2.24, 2.45) is 0 Å². The lowest BCUT2D eigenvalue weighted by atomic mass is 10.1. The quantitative estimate of drug-likeness (QED) is 0.641. The topological polar surface area (TPSA) is 81.4 Å². The molecule has 0 bridgehead atoms. The average Bonchev–Trinajstić information content (AvgIpc) is 2.52. The lowest BCUT2D eigenvalue weighted by molar-refractivity contribution is -0.124. The second kappa shape index (κ2) is 7.79. The van der Waals surface area contributed by atoms with Crippen molar-refractivity contribution in [1.82, 2.24) is 5.32 Å². The highest BCUT2D eigenvalue weighted by Gasteiger charge is 2.15. The van der Waals surface area contributed by atoms with E-state index in [1.54, 1.807) is 25.1 Å². The van der Waals surface area contributed by atoms with Crippen molar-refractivity contribution in [2.75, 3.05) is 12.3 Å². The number of anilines is 1. The highest BCUT2D eigenvalue weighted by atomic mass is 35.5. The molecule has 5 nitrogen and oxygen atoms in total. The molecule has 0 aliphatic heterocycles. The standard InChI is InChI=1S/C17H16ClFN2O3/c1-10(11-3-2-4-12(18)7-11)21-16(22)9-24-17(23)14-6-5-13(19)8-15(14)20/h2-8,10H,9,20H2,1H3,(H,21,22). The van der Waals surface area contributed by atoms with E-state index in [-0.39, 0.29) is 17.3 Å². The van der Waals surface area contributed by atoms with Gasteiger partial charge < -0.3 is 15.8 Å². The van der Waals surface area contributed by atoms with E-state index in [0.717, 1.165) is 17.7 Å². The zero-order valence-corrected chi connectivity index (χ0v) is 13.6. The van der Waals surface area contributed by atoms with Gasteiger partial charge in [0.25, 0.3) is 5.91 Å². The van der Waals surface area contributed by atoms with Crippen molar-refractivity contribution in [1.29, 1.82) is 0 Å². The molecule has 0 fully saturated rings. The van der Waals surface area contributed by atoms with Crippen molar-refractivity contribution >= 4 is 29.2 Å². The molecule has 7 heteroatoms. The molecule has 0 saturated heterocycles. The Balaban J connectivity index is 1.89. The number of ether oxygens (including phenoxy) is 1. The Morgan fingerprint density at radius 1 is 1.29 bits per heavy atom. The van der Waals surface area contributed by atoms with Crippen LogP contribution < -0.4 is 11.1 Å². The van der Waals surface area contributed by atoms with Crippen LogP contribution in [0.2, 0.25) is 5.02 Å². The number of rotatable bonds is 5. The van der Waals surface area contributed by atoms with Crippen molar-refractivity contribution < 1.29 is 18.7 Å². The van der Waals surface area contributed by atoms with Gasteiger partial charge in [0, 0.05) is 10.7 Å². The Bertz CT molecular complexity index is 767. The number of hydrogen-bond donors (Lipinski definition) is 2. The van der Waals surface area contributed by atoms with Crippen LogP contribution in [-0.2, 0) is 9.53 Å². The van der Waals surface area contributed by atoms with E-state index in [9.17, 15) is 14.0 Å². The summed E-state index contributed by atoms with van der Waals surface area (Å²) in [6.45, 7) is 1.31. The van der Waals surface area contributed by atoms with Gasteiger partial charge in [-0.1, -0.05) is 23.7 Å². The number of esters is 1. The lowest BCUT2D eigenvalue weighted by Gasteiger charge is -2.15. The van der Waals surface area contributed by atoms with Crippen LogP contribution in [0, 0.1) is 5.82 Å². The summed E-state index contributed by atoms with van der Waals surface area (Å²) in [6, 6.07) is 10.1. The third kappa shape index (κ3) is 4.70. The summed E-state index contributed by atoms with van der Waals surface area (Å²) in [6.07, 6.45) is 0. The van der Waals surface area contributed by atoms with Gasteiger partial charge in [-0.25, -0.2) is 9.18 Å². The Labute approximate surface area is 143 Å². The van der Waals surface area contributed by atoms with Crippen LogP contribution in [0.25, 0.3) is 0 Å². The predicted molar refractivity (Wildman–Crippen MR) is 89.1 cm³/mol. The molecule has 0 spiro atoms. The van der Waals surface area contributed by atoms with Crippen molar-refractivity contribution in [3.8, 4) is 0 Å². The van der Waals surface area contributed by atoms with Gasteiger partial charge >= 0.3 is 5.97 Å². The minimum Gasteiger partial charge on any atom is -0.452 e. The minimum atomic E-state index is -0.793. The molecule has 0 aromatic heterocycles. The van der Waals surface area contributed by atoms with E-state index in [1.165, 1.54) is 6.07 Å². The number of nitrogen functional groups attached to an aromatic ring is 1. The number of nitrogens with one attached hydrogen (secondary N) is 1. The number of halogens is 2.